The highest BCUT2D eigenvalue weighted by atomic mass is 32.2. The quantitative estimate of drug-likeness (QED) is 0.839. The molecule has 0 aromatic rings. The number of carbonyl (C=O) groups excluding carboxylic acids is 1. The number of thioether (sulfide) groups is 2. The summed E-state index contributed by atoms with van der Waals surface area (Å²) < 4.78 is 0. The molecule has 2 fully saturated rings. The van der Waals surface area contributed by atoms with Gasteiger partial charge in [0.1, 0.15) is 0 Å². The highest BCUT2D eigenvalue weighted by Gasteiger charge is 2.26. The fourth-order valence-electron chi connectivity index (χ4n) is 2.78. The van der Waals surface area contributed by atoms with Crippen molar-refractivity contribution in [3.63, 3.8) is 0 Å². The van der Waals surface area contributed by atoms with E-state index < -0.39 is 0 Å². The Labute approximate surface area is 119 Å². The summed E-state index contributed by atoms with van der Waals surface area (Å²) in [4.78, 5) is 12.0. The molecule has 3 nitrogen and oxygen atoms in total. The Kier molecular flexibility index (Phi) is 6.02. The lowest BCUT2D eigenvalue weighted by Crippen LogP contribution is -2.51. The molecule has 0 radical (unpaired) electrons. The molecule has 104 valence electrons. The summed E-state index contributed by atoms with van der Waals surface area (Å²) in [6, 6.07) is 0.812. The third-order valence-corrected chi connectivity index (χ3v) is 6.10. The zero-order chi connectivity index (χ0) is 12.8. The molecule has 1 saturated carbocycles. The monoisotopic (exact) mass is 288 g/mol. The van der Waals surface area contributed by atoms with E-state index in [2.05, 4.69) is 16.9 Å². The van der Waals surface area contributed by atoms with Crippen molar-refractivity contribution < 1.29 is 4.79 Å². The number of hydrogen-bond acceptors (Lipinski definition) is 3. The second-order valence-corrected chi connectivity index (χ2v) is 7.47. The molecule has 2 aliphatic rings. The van der Waals surface area contributed by atoms with E-state index in [0.717, 1.165) is 19.3 Å². The van der Waals surface area contributed by atoms with Gasteiger partial charge in [-0.25, -0.2) is 4.79 Å². The molecule has 2 rings (SSSR count). The van der Waals surface area contributed by atoms with Gasteiger partial charge >= 0.3 is 6.03 Å². The average Bonchev–Trinajstić information content (AvgIpc) is 2.40. The van der Waals surface area contributed by atoms with Crippen LogP contribution in [0.25, 0.3) is 0 Å². The SMILES string of the molecule is CSC1CCCCC1NC(=O)NC1CCSCC1. The first-order chi connectivity index (χ1) is 8.79. The summed E-state index contributed by atoms with van der Waals surface area (Å²) >= 11 is 3.89. The maximum Gasteiger partial charge on any atom is 0.315 e. The molecular formula is C13H24N2OS2. The van der Waals surface area contributed by atoms with Crippen LogP contribution in [0.3, 0.4) is 0 Å². The Balaban J connectivity index is 1.75. The van der Waals surface area contributed by atoms with Crippen molar-refractivity contribution in [3.05, 3.63) is 0 Å². The number of urea groups is 1. The maximum absolute atomic E-state index is 12.0. The van der Waals surface area contributed by atoms with Gasteiger partial charge < -0.3 is 10.6 Å². The van der Waals surface area contributed by atoms with E-state index in [4.69, 9.17) is 0 Å². The van der Waals surface area contributed by atoms with Crippen molar-refractivity contribution in [2.75, 3.05) is 17.8 Å². The Morgan fingerprint density at radius 1 is 1.11 bits per heavy atom. The summed E-state index contributed by atoms with van der Waals surface area (Å²) in [5, 5.41) is 6.93. The summed E-state index contributed by atoms with van der Waals surface area (Å²) in [7, 11) is 0. The normalized spacial score (nSPS) is 29.8. The van der Waals surface area contributed by atoms with Gasteiger partial charge in [0.2, 0.25) is 0 Å². The number of amides is 2. The second-order valence-electron chi connectivity index (χ2n) is 5.17. The molecule has 1 heterocycles. The lowest BCUT2D eigenvalue weighted by atomic mass is 9.95. The fraction of sp³-hybridized carbons (Fsp3) is 0.923. The molecule has 5 heteroatoms. The van der Waals surface area contributed by atoms with Crippen LogP contribution in [-0.4, -0.2) is 41.1 Å². The van der Waals surface area contributed by atoms with Crippen LogP contribution in [0, 0.1) is 0 Å². The Hall–Kier alpha value is -0.0300. The maximum atomic E-state index is 12.0. The first-order valence-corrected chi connectivity index (χ1v) is 9.41. The topological polar surface area (TPSA) is 41.1 Å². The van der Waals surface area contributed by atoms with Crippen LogP contribution in [0.4, 0.5) is 4.79 Å². The Morgan fingerprint density at radius 3 is 2.56 bits per heavy atom. The molecule has 0 aromatic heterocycles. The van der Waals surface area contributed by atoms with E-state index in [-0.39, 0.29) is 6.03 Å². The standard InChI is InChI=1S/C13H24N2OS2/c1-17-12-5-3-2-4-11(12)15-13(16)14-10-6-8-18-9-7-10/h10-12H,2-9H2,1H3,(H2,14,15,16). The lowest BCUT2D eigenvalue weighted by Gasteiger charge is -2.32. The van der Waals surface area contributed by atoms with Crippen LogP contribution >= 0.6 is 23.5 Å². The van der Waals surface area contributed by atoms with Crippen LogP contribution in [0.5, 0.6) is 0 Å². The number of carbonyl (C=O) groups is 1. The predicted octanol–water partition coefficient (Wildman–Crippen LogP) is 2.86. The third kappa shape index (κ3) is 4.26. The smallest absolute Gasteiger partial charge is 0.315 e. The van der Waals surface area contributed by atoms with Crippen LogP contribution in [0.1, 0.15) is 38.5 Å². The molecule has 2 unspecified atom stereocenters. The van der Waals surface area contributed by atoms with E-state index >= 15 is 0 Å². The summed E-state index contributed by atoms with van der Waals surface area (Å²) in [6.07, 6.45) is 9.34. The molecule has 0 spiro atoms. The van der Waals surface area contributed by atoms with Crippen LogP contribution in [0.15, 0.2) is 0 Å². The zero-order valence-electron chi connectivity index (χ0n) is 11.1. The van der Waals surface area contributed by atoms with Gasteiger partial charge in [-0.1, -0.05) is 12.8 Å². The van der Waals surface area contributed by atoms with Crippen molar-refractivity contribution in [2.24, 2.45) is 0 Å². The van der Waals surface area contributed by atoms with Crippen molar-refractivity contribution in [1.29, 1.82) is 0 Å². The van der Waals surface area contributed by atoms with Gasteiger partial charge in [0.05, 0.1) is 0 Å². The van der Waals surface area contributed by atoms with E-state index in [9.17, 15) is 4.79 Å². The van der Waals surface area contributed by atoms with E-state index in [1.807, 2.05) is 23.5 Å². The predicted molar refractivity (Wildman–Crippen MR) is 81.6 cm³/mol. The van der Waals surface area contributed by atoms with Crippen molar-refractivity contribution in [2.45, 2.75) is 55.9 Å². The first-order valence-electron chi connectivity index (χ1n) is 6.97. The highest BCUT2D eigenvalue weighted by molar-refractivity contribution is 7.99. The molecule has 1 aliphatic carbocycles. The number of nitrogens with one attached hydrogen (secondary N) is 2. The van der Waals surface area contributed by atoms with Crippen molar-refractivity contribution >= 4 is 29.6 Å². The molecule has 1 saturated heterocycles. The molecule has 2 amide bonds. The van der Waals surface area contributed by atoms with Crippen molar-refractivity contribution in [3.8, 4) is 0 Å². The summed E-state index contributed by atoms with van der Waals surface area (Å²) in [5.41, 5.74) is 0. The molecule has 1 aliphatic heterocycles. The molecule has 0 aromatic carbocycles. The van der Waals surface area contributed by atoms with Gasteiger partial charge in [-0.3, -0.25) is 0 Å². The fourth-order valence-corrected chi connectivity index (χ4v) is 4.82. The average molecular weight is 288 g/mol. The number of rotatable bonds is 3. The summed E-state index contributed by atoms with van der Waals surface area (Å²) in [6.45, 7) is 0. The first kappa shape index (κ1) is 14.4. The molecule has 2 atom stereocenters. The number of hydrogen-bond donors (Lipinski definition) is 2. The minimum absolute atomic E-state index is 0.0536. The van der Waals surface area contributed by atoms with Gasteiger partial charge in [0, 0.05) is 17.3 Å². The molecule has 2 N–H and O–H groups in total. The molecule has 18 heavy (non-hydrogen) atoms. The van der Waals surface area contributed by atoms with E-state index in [1.165, 1.54) is 30.8 Å². The van der Waals surface area contributed by atoms with Gasteiger partial charge in [-0.2, -0.15) is 23.5 Å². The van der Waals surface area contributed by atoms with Gasteiger partial charge in [-0.15, -0.1) is 0 Å². The molecular weight excluding hydrogens is 264 g/mol. The van der Waals surface area contributed by atoms with Gasteiger partial charge in [0.25, 0.3) is 0 Å². The van der Waals surface area contributed by atoms with Gasteiger partial charge in [0.15, 0.2) is 0 Å². The minimum atomic E-state index is 0.0536. The molecule has 0 bridgehead atoms. The van der Waals surface area contributed by atoms with E-state index in [0.29, 0.717) is 17.3 Å². The van der Waals surface area contributed by atoms with Crippen LogP contribution in [0.2, 0.25) is 0 Å². The zero-order valence-corrected chi connectivity index (χ0v) is 12.7. The van der Waals surface area contributed by atoms with Crippen LogP contribution in [-0.2, 0) is 0 Å². The summed E-state index contributed by atoms with van der Waals surface area (Å²) in [5.74, 6) is 2.36. The Bertz CT molecular complexity index is 270. The minimum Gasteiger partial charge on any atom is -0.335 e. The Morgan fingerprint density at radius 2 is 1.83 bits per heavy atom. The van der Waals surface area contributed by atoms with E-state index in [1.54, 1.807) is 0 Å². The third-order valence-electron chi connectivity index (χ3n) is 3.88. The van der Waals surface area contributed by atoms with Crippen molar-refractivity contribution in [1.82, 2.24) is 10.6 Å². The lowest BCUT2D eigenvalue weighted by molar-refractivity contribution is 0.228. The highest BCUT2D eigenvalue weighted by Crippen LogP contribution is 2.27. The van der Waals surface area contributed by atoms with Gasteiger partial charge in [-0.05, 0) is 43.4 Å². The van der Waals surface area contributed by atoms with Crippen LogP contribution < -0.4 is 10.6 Å². The largest absolute Gasteiger partial charge is 0.335 e. The second kappa shape index (κ2) is 7.53.